The molecule has 0 fully saturated rings. The maximum Gasteiger partial charge on any atom is 0.319 e. The molecule has 0 aliphatic heterocycles. The second-order valence-electron chi connectivity index (χ2n) is 5.73. The SMILES string of the molecule is CCOC(=O)[C@@H](Sc1nnc(COc2ccc(Cl)cc2)n1C)C(C)C. The van der Waals surface area contributed by atoms with Crippen LogP contribution in [0.5, 0.6) is 5.75 Å². The summed E-state index contributed by atoms with van der Waals surface area (Å²) in [6.45, 7) is 6.40. The Morgan fingerprint density at radius 2 is 1.96 bits per heavy atom. The standard InChI is InChI=1S/C17H22ClN3O3S/c1-5-23-16(22)15(11(2)3)25-17-20-19-14(21(17)4)10-24-13-8-6-12(18)7-9-13/h6-9,11,15H,5,10H2,1-4H3/t15-/m0/s1. The fourth-order valence-electron chi connectivity index (χ4n) is 2.05. The number of rotatable bonds is 8. The van der Waals surface area contributed by atoms with Gasteiger partial charge in [0.2, 0.25) is 0 Å². The lowest BCUT2D eigenvalue weighted by molar-refractivity contribution is -0.143. The van der Waals surface area contributed by atoms with E-state index in [1.54, 1.807) is 31.2 Å². The molecule has 1 aromatic carbocycles. The maximum absolute atomic E-state index is 12.1. The average Bonchev–Trinajstić information content (AvgIpc) is 2.92. The predicted octanol–water partition coefficient (Wildman–Crippen LogP) is 3.73. The summed E-state index contributed by atoms with van der Waals surface area (Å²) >= 11 is 7.21. The van der Waals surface area contributed by atoms with Crippen molar-refractivity contribution in [3.8, 4) is 5.75 Å². The zero-order chi connectivity index (χ0) is 18.4. The van der Waals surface area contributed by atoms with Crippen molar-refractivity contribution in [1.29, 1.82) is 0 Å². The Labute approximate surface area is 156 Å². The van der Waals surface area contributed by atoms with Crippen LogP contribution in [0.3, 0.4) is 0 Å². The Morgan fingerprint density at radius 1 is 1.28 bits per heavy atom. The molecule has 0 amide bonds. The molecule has 8 heteroatoms. The Kier molecular flexibility index (Phi) is 7.13. The van der Waals surface area contributed by atoms with E-state index < -0.39 is 0 Å². The van der Waals surface area contributed by atoms with Gasteiger partial charge in [-0.15, -0.1) is 10.2 Å². The molecule has 0 aliphatic rings. The minimum Gasteiger partial charge on any atom is -0.486 e. The highest BCUT2D eigenvalue weighted by molar-refractivity contribution is 8.00. The van der Waals surface area contributed by atoms with E-state index >= 15 is 0 Å². The van der Waals surface area contributed by atoms with Crippen LogP contribution in [0, 0.1) is 5.92 Å². The van der Waals surface area contributed by atoms with Crippen molar-refractivity contribution in [2.75, 3.05) is 6.61 Å². The highest BCUT2D eigenvalue weighted by atomic mass is 35.5. The topological polar surface area (TPSA) is 66.2 Å². The van der Waals surface area contributed by atoms with Crippen molar-refractivity contribution >= 4 is 29.3 Å². The molecule has 0 saturated heterocycles. The minimum absolute atomic E-state index is 0.120. The van der Waals surface area contributed by atoms with Crippen LogP contribution in [0.2, 0.25) is 5.02 Å². The third-order valence-electron chi connectivity index (χ3n) is 3.46. The molecule has 2 aromatic rings. The number of aromatic nitrogens is 3. The number of nitrogens with zero attached hydrogens (tertiary/aromatic N) is 3. The van der Waals surface area contributed by atoms with Gasteiger partial charge in [-0.2, -0.15) is 0 Å². The summed E-state index contributed by atoms with van der Waals surface area (Å²) in [6.07, 6.45) is 0. The quantitative estimate of drug-likeness (QED) is 0.511. The second-order valence-corrected chi connectivity index (χ2v) is 7.28. The maximum atomic E-state index is 12.1. The molecule has 0 radical (unpaired) electrons. The van der Waals surface area contributed by atoms with Crippen molar-refractivity contribution in [3.63, 3.8) is 0 Å². The molecule has 0 spiro atoms. The molecule has 1 aromatic heterocycles. The molecule has 25 heavy (non-hydrogen) atoms. The van der Waals surface area contributed by atoms with Crippen molar-refractivity contribution in [2.45, 2.75) is 37.8 Å². The summed E-state index contributed by atoms with van der Waals surface area (Å²) in [4.78, 5) is 12.1. The van der Waals surface area contributed by atoms with Crippen molar-refractivity contribution < 1.29 is 14.3 Å². The number of benzene rings is 1. The number of thioether (sulfide) groups is 1. The molecule has 0 N–H and O–H groups in total. The second kappa shape index (κ2) is 9.10. The van der Waals surface area contributed by atoms with Gasteiger partial charge in [0.15, 0.2) is 11.0 Å². The third kappa shape index (κ3) is 5.37. The van der Waals surface area contributed by atoms with Gasteiger partial charge in [0.25, 0.3) is 0 Å². The van der Waals surface area contributed by atoms with E-state index in [9.17, 15) is 4.79 Å². The first-order valence-electron chi connectivity index (χ1n) is 8.02. The average molecular weight is 384 g/mol. The van der Waals surface area contributed by atoms with Gasteiger partial charge < -0.3 is 14.0 Å². The molecule has 0 aliphatic carbocycles. The first kappa shape index (κ1) is 19.6. The van der Waals surface area contributed by atoms with Crippen molar-refractivity contribution in [2.24, 2.45) is 13.0 Å². The first-order valence-corrected chi connectivity index (χ1v) is 9.28. The van der Waals surface area contributed by atoms with Crippen LogP contribution in [0.15, 0.2) is 29.4 Å². The van der Waals surface area contributed by atoms with E-state index in [-0.39, 0.29) is 23.7 Å². The fourth-order valence-corrected chi connectivity index (χ4v) is 3.19. The summed E-state index contributed by atoms with van der Waals surface area (Å²) in [7, 11) is 1.85. The van der Waals surface area contributed by atoms with E-state index in [4.69, 9.17) is 21.1 Å². The van der Waals surface area contributed by atoms with E-state index in [1.807, 2.05) is 25.5 Å². The predicted molar refractivity (Wildman–Crippen MR) is 97.9 cm³/mol. The number of ether oxygens (including phenoxy) is 2. The van der Waals surface area contributed by atoms with E-state index in [0.29, 0.717) is 28.4 Å². The van der Waals surface area contributed by atoms with Crippen molar-refractivity contribution in [1.82, 2.24) is 14.8 Å². The molecule has 0 saturated carbocycles. The summed E-state index contributed by atoms with van der Waals surface area (Å²) in [5.74, 6) is 1.26. The Bertz CT molecular complexity index is 704. The van der Waals surface area contributed by atoms with E-state index in [0.717, 1.165) is 0 Å². The summed E-state index contributed by atoms with van der Waals surface area (Å²) < 4.78 is 12.7. The van der Waals surface area contributed by atoms with Crippen LogP contribution in [0.4, 0.5) is 0 Å². The van der Waals surface area contributed by atoms with Gasteiger partial charge in [0.05, 0.1) is 6.61 Å². The van der Waals surface area contributed by atoms with Gasteiger partial charge >= 0.3 is 5.97 Å². The Hall–Kier alpha value is -1.73. The first-order chi connectivity index (χ1) is 11.9. The van der Waals surface area contributed by atoms with Gasteiger partial charge in [0.1, 0.15) is 17.6 Å². The number of halogens is 1. The van der Waals surface area contributed by atoms with E-state index in [1.165, 1.54) is 11.8 Å². The summed E-state index contributed by atoms with van der Waals surface area (Å²) in [5, 5.41) is 9.31. The van der Waals surface area contributed by atoms with Gasteiger partial charge in [-0.1, -0.05) is 37.2 Å². The van der Waals surface area contributed by atoms with Crippen LogP contribution in [-0.4, -0.2) is 32.6 Å². The van der Waals surface area contributed by atoms with Gasteiger partial charge in [-0.05, 0) is 37.1 Å². The monoisotopic (exact) mass is 383 g/mol. The molecular formula is C17H22ClN3O3S. The summed E-state index contributed by atoms with van der Waals surface area (Å²) in [5.41, 5.74) is 0. The van der Waals surface area contributed by atoms with Gasteiger partial charge in [0, 0.05) is 12.1 Å². The molecule has 2 rings (SSSR count). The smallest absolute Gasteiger partial charge is 0.319 e. The molecule has 1 atom stereocenters. The van der Waals surface area contributed by atoms with Crippen LogP contribution >= 0.6 is 23.4 Å². The van der Waals surface area contributed by atoms with Gasteiger partial charge in [-0.25, -0.2) is 0 Å². The molecule has 136 valence electrons. The lowest BCUT2D eigenvalue weighted by Crippen LogP contribution is -2.26. The fraction of sp³-hybridized carbons (Fsp3) is 0.471. The van der Waals surface area contributed by atoms with E-state index in [2.05, 4.69) is 10.2 Å². The Balaban J connectivity index is 2.03. The van der Waals surface area contributed by atoms with Crippen LogP contribution in [0.25, 0.3) is 0 Å². The lowest BCUT2D eigenvalue weighted by Gasteiger charge is -2.17. The number of carbonyl (C=O) groups is 1. The zero-order valence-electron chi connectivity index (χ0n) is 14.7. The van der Waals surface area contributed by atoms with Crippen molar-refractivity contribution in [3.05, 3.63) is 35.1 Å². The lowest BCUT2D eigenvalue weighted by atomic mass is 10.1. The van der Waals surface area contributed by atoms with Crippen LogP contribution < -0.4 is 4.74 Å². The number of carbonyl (C=O) groups excluding carboxylic acids is 1. The minimum atomic E-state index is -0.326. The van der Waals surface area contributed by atoms with Crippen LogP contribution in [-0.2, 0) is 23.2 Å². The van der Waals surface area contributed by atoms with Crippen LogP contribution in [0.1, 0.15) is 26.6 Å². The number of hydrogen-bond donors (Lipinski definition) is 0. The zero-order valence-corrected chi connectivity index (χ0v) is 16.3. The number of esters is 1. The highest BCUT2D eigenvalue weighted by Gasteiger charge is 2.27. The highest BCUT2D eigenvalue weighted by Crippen LogP contribution is 2.28. The molecule has 1 heterocycles. The largest absolute Gasteiger partial charge is 0.486 e. The molecular weight excluding hydrogens is 362 g/mol. The molecule has 0 unspecified atom stereocenters. The Morgan fingerprint density at radius 3 is 2.56 bits per heavy atom. The third-order valence-corrected chi connectivity index (χ3v) is 5.27. The number of hydrogen-bond acceptors (Lipinski definition) is 6. The normalized spacial score (nSPS) is 12.2. The summed E-state index contributed by atoms with van der Waals surface area (Å²) in [6, 6.07) is 7.12. The molecule has 6 nitrogen and oxygen atoms in total. The van der Waals surface area contributed by atoms with Gasteiger partial charge in [-0.3, -0.25) is 4.79 Å². The molecule has 0 bridgehead atoms.